The van der Waals surface area contributed by atoms with Crippen molar-refractivity contribution in [3.05, 3.63) is 64.3 Å². The number of oxime groups is 1. The topological polar surface area (TPSA) is 97.5 Å². The maximum atomic E-state index is 13.2. The number of hydrogen-bond donors (Lipinski definition) is 3. The molecular formula is C18H9F3N4O2. The van der Waals surface area contributed by atoms with Gasteiger partial charge in [-0.2, -0.15) is 18.4 Å². The summed E-state index contributed by atoms with van der Waals surface area (Å²) in [6.07, 6.45) is -4.64. The van der Waals surface area contributed by atoms with Gasteiger partial charge in [-0.05, 0) is 24.3 Å². The number of carbonyl (C=O) groups excluding carboxylic acids is 1. The molecule has 27 heavy (non-hydrogen) atoms. The summed E-state index contributed by atoms with van der Waals surface area (Å²) in [5, 5.41) is 26.8. The average molecular weight is 370 g/mol. The lowest BCUT2D eigenvalue weighted by Crippen LogP contribution is -2.13. The van der Waals surface area contributed by atoms with Crippen LogP contribution < -0.4 is 10.6 Å². The molecule has 2 aliphatic heterocycles. The molecule has 1 amide bonds. The molecule has 0 spiro atoms. The summed E-state index contributed by atoms with van der Waals surface area (Å²) < 4.78 is 39.7. The van der Waals surface area contributed by atoms with Gasteiger partial charge in [-0.3, -0.25) is 4.79 Å². The van der Waals surface area contributed by atoms with Crippen LogP contribution in [0.15, 0.2) is 47.3 Å². The lowest BCUT2D eigenvalue weighted by molar-refractivity contribution is -0.136. The lowest BCUT2D eigenvalue weighted by atomic mass is 9.99. The Morgan fingerprint density at radius 3 is 2.56 bits per heavy atom. The van der Waals surface area contributed by atoms with E-state index in [0.717, 1.165) is 6.07 Å². The molecule has 4 rings (SSSR count). The highest BCUT2D eigenvalue weighted by Gasteiger charge is 2.41. The van der Waals surface area contributed by atoms with E-state index in [1.807, 2.05) is 6.07 Å². The molecular weight excluding hydrogens is 361 g/mol. The van der Waals surface area contributed by atoms with E-state index < -0.39 is 17.6 Å². The van der Waals surface area contributed by atoms with Crippen LogP contribution in [0, 0.1) is 11.3 Å². The summed E-state index contributed by atoms with van der Waals surface area (Å²) in [6, 6.07) is 9.96. The summed E-state index contributed by atoms with van der Waals surface area (Å²) in [6.45, 7) is 0. The summed E-state index contributed by atoms with van der Waals surface area (Å²) in [5.41, 5.74) is -0.150. The number of fused-ring (bicyclic) bond motifs is 2. The van der Waals surface area contributed by atoms with Crippen LogP contribution in [0.4, 0.5) is 24.5 Å². The largest absolute Gasteiger partial charge is 0.418 e. The molecule has 0 atom stereocenters. The zero-order valence-corrected chi connectivity index (χ0v) is 13.3. The molecule has 0 bridgehead atoms. The smallest absolute Gasteiger partial charge is 0.410 e. The Morgan fingerprint density at radius 2 is 1.89 bits per heavy atom. The number of para-hydroxylation sites is 1. The van der Waals surface area contributed by atoms with E-state index in [-0.39, 0.29) is 28.2 Å². The molecule has 0 saturated carbocycles. The number of allylic oxidation sites excluding steroid dienone is 1. The predicted molar refractivity (Wildman–Crippen MR) is 90.1 cm³/mol. The Morgan fingerprint density at radius 1 is 1.11 bits per heavy atom. The number of halogens is 3. The van der Waals surface area contributed by atoms with Crippen molar-refractivity contribution in [1.82, 2.24) is 0 Å². The van der Waals surface area contributed by atoms with Crippen LogP contribution in [0.3, 0.4) is 0 Å². The Hall–Kier alpha value is -3.80. The zero-order valence-electron chi connectivity index (χ0n) is 13.3. The van der Waals surface area contributed by atoms with Crippen molar-refractivity contribution in [2.24, 2.45) is 5.16 Å². The molecule has 0 saturated heterocycles. The number of carbonyl (C=O) groups is 1. The number of benzene rings is 2. The van der Waals surface area contributed by atoms with E-state index in [9.17, 15) is 23.2 Å². The maximum absolute atomic E-state index is 13.2. The van der Waals surface area contributed by atoms with E-state index >= 15 is 0 Å². The number of alkyl halides is 3. The molecule has 0 unspecified atom stereocenters. The van der Waals surface area contributed by atoms with Crippen molar-refractivity contribution in [3.8, 4) is 6.07 Å². The first-order valence-electron chi connectivity index (χ1n) is 7.65. The summed E-state index contributed by atoms with van der Waals surface area (Å²) in [4.78, 5) is 12.5. The monoisotopic (exact) mass is 370 g/mol. The van der Waals surface area contributed by atoms with Gasteiger partial charge in [0.15, 0.2) is 0 Å². The highest BCUT2D eigenvalue weighted by molar-refractivity contribution is 6.39. The quantitative estimate of drug-likeness (QED) is 0.375. The van der Waals surface area contributed by atoms with Gasteiger partial charge >= 0.3 is 6.18 Å². The fourth-order valence-electron chi connectivity index (χ4n) is 3.21. The van der Waals surface area contributed by atoms with E-state index in [1.54, 1.807) is 6.07 Å². The molecule has 2 aromatic rings. The van der Waals surface area contributed by atoms with Crippen molar-refractivity contribution in [2.45, 2.75) is 6.18 Å². The van der Waals surface area contributed by atoms with Crippen LogP contribution in [0.5, 0.6) is 0 Å². The van der Waals surface area contributed by atoms with Gasteiger partial charge in [-0.1, -0.05) is 17.3 Å². The molecule has 9 heteroatoms. The minimum atomic E-state index is -4.64. The second kappa shape index (κ2) is 5.60. The summed E-state index contributed by atoms with van der Waals surface area (Å²) in [7, 11) is 0. The molecule has 2 aromatic carbocycles. The first-order valence-corrected chi connectivity index (χ1v) is 7.65. The SMILES string of the molecule is N#Cc1ccc2c(c1)C(=N\O)/C(=C1/C(=O)Nc3c1cccc3C(F)(F)F)N2. The van der Waals surface area contributed by atoms with Crippen molar-refractivity contribution in [2.75, 3.05) is 10.6 Å². The lowest BCUT2D eigenvalue weighted by Gasteiger charge is -2.11. The molecule has 134 valence electrons. The average Bonchev–Trinajstić information content (AvgIpc) is 3.15. The Labute approximate surface area is 150 Å². The van der Waals surface area contributed by atoms with Gasteiger partial charge in [0.2, 0.25) is 0 Å². The van der Waals surface area contributed by atoms with E-state index in [0.29, 0.717) is 16.8 Å². The highest BCUT2D eigenvalue weighted by atomic mass is 19.4. The standard InChI is InChI=1S/C18H9F3N4O2/c19-18(20,21)11-3-1-2-9-13(17(26)24-14(9)11)16-15(25-27)10-6-8(7-22)4-5-12(10)23-16/h1-6,23,27H,(H,24,26)/b16-13-,25-15+. The molecule has 6 nitrogen and oxygen atoms in total. The van der Waals surface area contributed by atoms with E-state index in [1.165, 1.54) is 24.3 Å². The summed E-state index contributed by atoms with van der Waals surface area (Å²) >= 11 is 0. The maximum Gasteiger partial charge on any atom is 0.418 e. The minimum Gasteiger partial charge on any atom is -0.410 e. The van der Waals surface area contributed by atoms with Crippen molar-refractivity contribution in [3.63, 3.8) is 0 Å². The third-order valence-corrected chi connectivity index (χ3v) is 4.36. The molecule has 0 radical (unpaired) electrons. The number of nitriles is 1. The molecule has 3 N–H and O–H groups in total. The van der Waals surface area contributed by atoms with Gasteiger partial charge in [0.1, 0.15) is 5.71 Å². The normalized spacial score (nSPS) is 19.3. The van der Waals surface area contributed by atoms with Crippen LogP contribution in [-0.2, 0) is 11.0 Å². The van der Waals surface area contributed by atoms with Crippen molar-refractivity contribution >= 4 is 28.6 Å². The Kier molecular flexibility index (Phi) is 3.46. The number of anilines is 2. The molecule has 2 aliphatic rings. The number of nitrogens with zero attached hydrogens (tertiary/aromatic N) is 2. The van der Waals surface area contributed by atoms with Gasteiger partial charge in [0.05, 0.1) is 34.2 Å². The van der Waals surface area contributed by atoms with Crippen molar-refractivity contribution < 1.29 is 23.2 Å². The van der Waals surface area contributed by atoms with Crippen molar-refractivity contribution in [1.29, 1.82) is 5.26 Å². The van der Waals surface area contributed by atoms with Gasteiger partial charge in [-0.25, -0.2) is 0 Å². The number of hydrogen-bond acceptors (Lipinski definition) is 5. The summed E-state index contributed by atoms with van der Waals surface area (Å²) in [5.74, 6) is -0.751. The second-order valence-electron chi connectivity index (χ2n) is 5.88. The van der Waals surface area contributed by atoms with Crippen LogP contribution >= 0.6 is 0 Å². The van der Waals surface area contributed by atoms with Crippen LogP contribution in [0.2, 0.25) is 0 Å². The fraction of sp³-hybridized carbons (Fsp3) is 0.0556. The van der Waals surface area contributed by atoms with E-state index in [2.05, 4.69) is 15.8 Å². The van der Waals surface area contributed by atoms with Crippen LogP contribution in [-0.4, -0.2) is 16.8 Å². The van der Waals surface area contributed by atoms with Crippen LogP contribution in [0.1, 0.15) is 22.3 Å². The number of nitrogens with one attached hydrogen (secondary N) is 2. The Balaban J connectivity index is 1.94. The second-order valence-corrected chi connectivity index (χ2v) is 5.88. The van der Waals surface area contributed by atoms with Gasteiger partial charge in [0.25, 0.3) is 5.91 Å². The highest BCUT2D eigenvalue weighted by Crippen LogP contribution is 2.44. The zero-order chi connectivity index (χ0) is 19.3. The third kappa shape index (κ3) is 2.42. The van der Waals surface area contributed by atoms with Gasteiger partial charge in [-0.15, -0.1) is 0 Å². The first-order chi connectivity index (χ1) is 12.8. The van der Waals surface area contributed by atoms with Crippen LogP contribution in [0.25, 0.3) is 5.57 Å². The van der Waals surface area contributed by atoms with E-state index in [4.69, 9.17) is 5.26 Å². The number of rotatable bonds is 0. The Bertz CT molecular complexity index is 1110. The first kappa shape index (κ1) is 16.7. The molecule has 0 aromatic heterocycles. The van der Waals surface area contributed by atoms with Gasteiger partial charge in [0, 0.05) is 16.8 Å². The van der Waals surface area contributed by atoms with Gasteiger partial charge < -0.3 is 15.8 Å². The fourth-order valence-corrected chi connectivity index (χ4v) is 3.21. The molecule has 2 heterocycles. The number of amides is 1. The third-order valence-electron chi connectivity index (χ3n) is 4.36. The molecule has 0 fully saturated rings. The predicted octanol–water partition coefficient (Wildman–Crippen LogP) is 3.54. The minimum absolute atomic E-state index is 0.0301. The molecule has 0 aliphatic carbocycles.